The predicted octanol–water partition coefficient (Wildman–Crippen LogP) is 6.51. The topological polar surface area (TPSA) is 0 Å². The molecule has 0 nitrogen and oxygen atoms in total. The van der Waals surface area contributed by atoms with Crippen molar-refractivity contribution in [2.24, 2.45) is 0 Å². The van der Waals surface area contributed by atoms with Crippen LogP contribution < -0.4 is 0 Å². The summed E-state index contributed by atoms with van der Waals surface area (Å²) in [4.78, 5) is 0. The molecule has 0 aromatic carbocycles. The van der Waals surface area contributed by atoms with Crippen molar-refractivity contribution < 1.29 is 0 Å². The third-order valence-electron chi connectivity index (χ3n) is 3.50. The van der Waals surface area contributed by atoms with Crippen LogP contribution in [0.4, 0.5) is 0 Å². The van der Waals surface area contributed by atoms with E-state index in [0.29, 0.717) is 0 Å². The van der Waals surface area contributed by atoms with Crippen molar-refractivity contribution in [1.82, 2.24) is 0 Å². The fraction of sp³-hybridized carbons (Fsp3) is 0.882. The highest BCUT2D eigenvalue weighted by Crippen LogP contribution is 2.12. The molecule has 0 aromatic heterocycles. The van der Waals surface area contributed by atoms with Crippen molar-refractivity contribution in [3.05, 3.63) is 13.8 Å². The van der Waals surface area contributed by atoms with E-state index >= 15 is 0 Å². The van der Waals surface area contributed by atoms with Crippen LogP contribution in [-0.4, -0.2) is 0 Å². The molecule has 0 heteroatoms. The van der Waals surface area contributed by atoms with E-state index in [4.69, 9.17) is 0 Å². The minimum atomic E-state index is 1.12. The van der Waals surface area contributed by atoms with Crippen molar-refractivity contribution in [3.8, 4) is 0 Å². The van der Waals surface area contributed by atoms with E-state index in [1.807, 2.05) is 0 Å². The van der Waals surface area contributed by atoms with Gasteiger partial charge in [-0.25, -0.2) is 0 Å². The van der Waals surface area contributed by atoms with Crippen LogP contribution >= 0.6 is 0 Å². The minimum absolute atomic E-state index is 1.12. The summed E-state index contributed by atoms with van der Waals surface area (Å²) in [5.74, 6) is 0. The SMILES string of the molecule is [CH2]CCCCCCCCCCCCCCC[CH2]. The Morgan fingerprint density at radius 2 is 0.471 bits per heavy atom. The van der Waals surface area contributed by atoms with E-state index in [9.17, 15) is 0 Å². The first kappa shape index (κ1) is 17.0. The Morgan fingerprint density at radius 1 is 0.294 bits per heavy atom. The summed E-state index contributed by atoms with van der Waals surface area (Å²) in [5, 5.41) is 0. The molecular weight excluding hydrogens is 204 g/mol. The molecule has 0 saturated heterocycles. The third-order valence-corrected chi connectivity index (χ3v) is 3.50. The van der Waals surface area contributed by atoms with Gasteiger partial charge >= 0.3 is 0 Å². The van der Waals surface area contributed by atoms with Gasteiger partial charge < -0.3 is 0 Å². The molecule has 0 aromatic rings. The Hall–Kier alpha value is 0. The Bertz CT molecular complexity index is 103. The van der Waals surface area contributed by atoms with E-state index in [1.165, 1.54) is 83.5 Å². The van der Waals surface area contributed by atoms with Crippen LogP contribution in [0.2, 0.25) is 0 Å². The fourth-order valence-electron chi connectivity index (χ4n) is 2.30. The van der Waals surface area contributed by atoms with Gasteiger partial charge in [0.25, 0.3) is 0 Å². The highest BCUT2D eigenvalue weighted by molar-refractivity contribution is 4.50. The summed E-state index contributed by atoms with van der Waals surface area (Å²) < 4.78 is 0. The third kappa shape index (κ3) is 16.0. The lowest BCUT2D eigenvalue weighted by Gasteiger charge is -2.02. The molecule has 0 aliphatic heterocycles. The molecule has 0 atom stereocenters. The summed E-state index contributed by atoms with van der Waals surface area (Å²) in [6.07, 6.45) is 20.7. The van der Waals surface area contributed by atoms with Crippen molar-refractivity contribution in [2.75, 3.05) is 0 Å². The van der Waals surface area contributed by atoms with Gasteiger partial charge in [-0.2, -0.15) is 0 Å². The van der Waals surface area contributed by atoms with Gasteiger partial charge in [0.1, 0.15) is 0 Å². The lowest BCUT2D eigenvalue weighted by molar-refractivity contribution is 0.537. The molecule has 0 spiro atoms. The summed E-state index contributed by atoms with van der Waals surface area (Å²) in [7, 11) is 0. The molecule has 0 saturated carbocycles. The molecule has 0 unspecified atom stereocenters. The molecule has 0 N–H and O–H groups in total. The van der Waals surface area contributed by atoms with Gasteiger partial charge in [-0.1, -0.05) is 110 Å². The Kier molecular flexibility index (Phi) is 16.0. The van der Waals surface area contributed by atoms with Crippen LogP contribution in [0.5, 0.6) is 0 Å². The van der Waals surface area contributed by atoms with Crippen molar-refractivity contribution in [3.63, 3.8) is 0 Å². The van der Waals surface area contributed by atoms with E-state index in [0.717, 1.165) is 12.8 Å². The largest absolute Gasteiger partial charge is 0.0533 e. The molecule has 0 heterocycles. The number of unbranched alkanes of at least 4 members (excludes halogenated alkanes) is 14. The van der Waals surface area contributed by atoms with E-state index in [-0.39, 0.29) is 0 Å². The van der Waals surface area contributed by atoms with Crippen molar-refractivity contribution in [2.45, 2.75) is 96.3 Å². The van der Waals surface area contributed by atoms with Gasteiger partial charge in [0, 0.05) is 0 Å². The molecule has 0 bridgehead atoms. The van der Waals surface area contributed by atoms with Crippen LogP contribution in [0, 0.1) is 13.8 Å². The number of hydrogen-bond donors (Lipinski definition) is 0. The van der Waals surface area contributed by atoms with Gasteiger partial charge in [0.15, 0.2) is 0 Å². The summed E-state index contributed by atoms with van der Waals surface area (Å²) in [5.41, 5.74) is 0. The Morgan fingerprint density at radius 3 is 0.647 bits per heavy atom. The van der Waals surface area contributed by atoms with Gasteiger partial charge in [-0.05, 0) is 0 Å². The Balaban J connectivity index is 2.85. The van der Waals surface area contributed by atoms with Crippen LogP contribution in [0.25, 0.3) is 0 Å². The lowest BCUT2D eigenvalue weighted by Crippen LogP contribution is -1.82. The van der Waals surface area contributed by atoms with E-state index in [2.05, 4.69) is 13.8 Å². The summed E-state index contributed by atoms with van der Waals surface area (Å²) in [6.45, 7) is 7.75. The van der Waals surface area contributed by atoms with Gasteiger partial charge in [0.2, 0.25) is 0 Å². The second-order valence-electron chi connectivity index (χ2n) is 5.30. The smallest absolute Gasteiger partial charge is 0.0533 e. The standard InChI is InChI=1S/C17H34/c1-3-5-7-9-11-13-15-17-16-14-12-10-8-6-4-2/h1-17H2. The predicted molar refractivity (Wildman–Crippen MR) is 80.0 cm³/mol. The zero-order chi connectivity index (χ0) is 12.6. The summed E-state index contributed by atoms with van der Waals surface area (Å²) >= 11 is 0. The number of rotatable bonds is 14. The maximum Gasteiger partial charge on any atom is -0.0533 e. The number of hydrogen-bond acceptors (Lipinski definition) is 0. The summed E-state index contributed by atoms with van der Waals surface area (Å²) in [6, 6.07) is 0. The fourth-order valence-corrected chi connectivity index (χ4v) is 2.30. The van der Waals surface area contributed by atoms with Gasteiger partial charge in [0.05, 0.1) is 0 Å². The molecule has 0 fully saturated rings. The highest BCUT2D eigenvalue weighted by atomic mass is 14.0. The molecule has 0 aliphatic carbocycles. The maximum atomic E-state index is 3.88. The normalized spacial score (nSPS) is 10.9. The molecule has 0 aliphatic rings. The van der Waals surface area contributed by atoms with Crippen molar-refractivity contribution in [1.29, 1.82) is 0 Å². The van der Waals surface area contributed by atoms with Crippen LogP contribution in [0.3, 0.4) is 0 Å². The van der Waals surface area contributed by atoms with E-state index in [1.54, 1.807) is 0 Å². The van der Waals surface area contributed by atoms with Crippen LogP contribution in [0.15, 0.2) is 0 Å². The molecule has 0 rings (SSSR count). The van der Waals surface area contributed by atoms with Crippen LogP contribution in [0.1, 0.15) is 96.3 Å². The molecule has 102 valence electrons. The first-order valence-corrected chi connectivity index (χ1v) is 8.00. The zero-order valence-electron chi connectivity index (χ0n) is 12.0. The first-order valence-electron chi connectivity index (χ1n) is 8.00. The minimum Gasteiger partial charge on any atom is -0.0533 e. The second kappa shape index (κ2) is 16.0. The van der Waals surface area contributed by atoms with E-state index < -0.39 is 0 Å². The molecule has 2 radical (unpaired) electrons. The quantitative estimate of drug-likeness (QED) is 0.303. The molecule has 0 amide bonds. The van der Waals surface area contributed by atoms with Gasteiger partial charge in [-0.3, -0.25) is 0 Å². The molecule has 17 heavy (non-hydrogen) atoms. The molecular formula is C17H34. The average molecular weight is 238 g/mol. The zero-order valence-corrected chi connectivity index (χ0v) is 12.0. The first-order chi connectivity index (χ1) is 8.41. The Labute approximate surface area is 111 Å². The lowest BCUT2D eigenvalue weighted by atomic mass is 10.0. The second-order valence-corrected chi connectivity index (χ2v) is 5.30. The highest BCUT2D eigenvalue weighted by Gasteiger charge is 1.93. The average Bonchev–Trinajstić information content (AvgIpc) is 2.35. The monoisotopic (exact) mass is 238 g/mol. The van der Waals surface area contributed by atoms with Crippen molar-refractivity contribution >= 4 is 0 Å². The van der Waals surface area contributed by atoms with Crippen LogP contribution in [-0.2, 0) is 0 Å². The maximum absolute atomic E-state index is 3.88. The van der Waals surface area contributed by atoms with Gasteiger partial charge in [-0.15, -0.1) is 0 Å².